The summed E-state index contributed by atoms with van der Waals surface area (Å²) in [5.41, 5.74) is 0.337. The average molecular weight is 378 g/mol. The van der Waals surface area contributed by atoms with Gasteiger partial charge in [-0.25, -0.2) is 4.68 Å². The first-order chi connectivity index (χ1) is 12.6. The van der Waals surface area contributed by atoms with Gasteiger partial charge in [0, 0.05) is 24.7 Å². The largest absolute Gasteiger partial charge is 0.484 e. The third-order valence-electron chi connectivity index (χ3n) is 4.00. The lowest BCUT2D eigenvalue weighted by Gasteiger charge is -2.12. The molecule has 0 saturated carbocycles. The van der Waals surface area contributed by atoms with Gasteiger partial charge in [0.2, 0.25) is 0 Å². The van der Waals surface area contributed by atoms with Crippen LogP contribution in [0.2, 0.25) is 5.02 Å². The highest BCUT2D eigenvalue weighted by Crippen LogP contribution is 2.15. The number of rotatable bonds is 7. The quantitative estimate of drug-likeness (QED) is 0.787. The highest BCUT2D eigenvalue weighted by atomic mass is 35.5. The second-order valence-electron chi connectivity index (χ2n) is 5.96. The van der Waals surface area contributed by atoms with Gasteiger partial charge in [0.15, 0.2) is 12.3 Å². The molecular weight excluding hydrogens is 358 g/mol. The van der Waals surface area contributed by atoms with Gasteiger partial charge in [0.25, 0.3) is 11.8 Å². The van der Waals surface area contributed by atoms with Gasteiger partial charge < -0.3 is 15.0 Å². The molecule has 2 aromatic rings. The van der Waals surface area contributed by atoms with Crippen LogP contribution in [0.1, 0.15) is 23.3 Å². The minimum absolute atomic E-state index is 0.0856. The number of benzene rings is 1. The van der Waals surface area contributed by atoms with Gasteiger partial charge in [0.05, 0.1) is 12.7 Å². The molecule has 0 atom stereocenters. The summed E-state index contributed by atoms with van der Waals surface area (Å²) in [6, 6.07) is 6.79. The zero-order chi connectivity index (χ0) is 18.4. The summed E-state index contributed by atoms with van der Waals surface area (Å²) < 4.78 is 6.91. The lowest BCUT2D eigenvalue weighted by atomic mass is 10.3. The number of ether oxygens (including phenoxy) is 1. The number of carbonyl (C=O) groups excluding carboxylic acids is 2. The zero-order valence-corrected chi connectivity index (χ0v) is 15.0. The van der Waals surface area contributed by atoms with Crippen LogP contribution in [0, 0.1) is 0 Å². The van der Waals surface area contributed by atoms with Crippen molar-refractivity contribution in [3.8, 4) is 5.75 Å². The predicted molar refractivity (Wildman–Crippen MR) is 95.1 cm³/mol. The number of nitrogens with one attached hydrogen (secondary N) is 1. The molecule has 0 bridgehead atoms. The van der Waals surface area contributed by atoms with E-state index in [1.807, 2.05) is 0 Å². The van der Waals surface area contributed by atoms with Gasteiger partial charge >= 0.3 is 0 Å². The van der Waals surface area contributed by atoms with Gasteiger partial charge in [-0.15, -0.1) is 5.10 Å². The summed E-state index contributed by atoms with van der Waals surface area (Å²) in [4.78, 5) is 25.8. The number of nitrogens with zero attached hydrogens (tertiary/aromatic N) is 4. The van der Waals surface area contributed by atoms with Gasteiger partial charge in [-0.2, -0.15) is 0 Å². The van der Waals surface area contributed by atoms with E-state index >= 15 is 0 Å². The van der Waals surface area contributed by atoms with Crippen molar-refractivity contribution >= 4 is 23.4 Å². The minimum Gasteiger partial charge on any atom is -0.484 e. The first kappa shape index (κ1) is 18.2. The van der Waals surface area contributed by atoms with E-state index in [0.717, 1.165) is 25.9 Å². The molecule has 1 fully saturated rings. The van der Waals surface area contributed by atoms with E-state index in [4.69, 9.17) is 16.3 Å². The van der Waals surface area contributed by atoms with Crippen LogP contribution in [0.3, 0.4) is 0 Å². The van der Waals surface area contributed by atoms with E-state index in [1.165, 1.54) is 0 Å². The van der Waals surface area contributed by atoms with Crippen molar-refractivity contribution < 1.29 is 14.3 Å². The molecule has 0 unspecified atom stereocenters. The van der Waals surface area contributed by atoms with Crippen molar-refractivity contribution in [1.82, 2.24) is 25.2 Å². The Hall–Kier alpha value is -2.61. The fourth-order valence-electron chi connectivity index (χ4n) is 2.63. The molecule has 8 nitrogen and oxygen atoms in total. The number of hydrogen-bond donors (Lipinski definition) is 1. The summed E-state index contributed by atoms with van der Waals surface area (Å²) in [6.45, 7) is 2.25. The molecule has 1 aliphatic heterocycles. The summed E-state index contributed by atoms with van der Waals surface area (Å²) in [5, 5.41) is 11.2. The van der Waals surface area contributed by atoms with Crippen LogP contribution >= 0.6 is 11.6 Å². The SMILES string of the molecule is O=C(COc1ccc(Cl)cc1)NCCn1cc(C(=O)N2CCCC2)nn1. The Bertz CT molecular complexity index is 756. The zero-order valence-electron chi connectivity index (χ0n) is 14.2. The molecule has 26 heavy (non-hydrogen) atoms. The summed E-state index contributed by atoms with van der Waals surface area (Å²) in [7, 11) is 0. The monoisotopic (exact) mass is 377 g/mol. The maximum absolute atomic E-state index is 12.2. The fourth-order valence-corrected chi connectivity index (χ4v) is 2.75. The Morgan fingerprint density at radius 1 is 1.19 bits per heavy atom. The molecule has 2 amide bonds. The molecule has 1 N–H and O–H groups in total. The lowest BCUT2D eigenvalue weighted by Crippen LogP contribution is -2.31. The molecule has 0 radical (unpaired) electrons. The first-order valence-corrected chi connectivity index (χ1v) is 8.84. The van der Waals surface area contributed by atoms with E-state index < -0.39 is 0 Å². The van der Waals surface area contributed by atoms with Gasteiger partial charge in [-0.3, -0.25) is 9.59 Å². The molecule has 2 heterocycles. The van der Waals surface area contributed by atoms with Crippen molar-refractivity contribution in [2.24, 2.45) is 0 Å². The van der Waals surface area contributed by atoms with Crippen LogP contribution in [-0.2, 0) is 11.3 Å². The van der Waals surface area contributed by atoms with Crippen molar-refractivity contribution in [3.63, 3.8) is 0 Å². The molecular formula is C17H20ClN5O3. The Labute approximate surface area is 156 Å². The second kappa shape index (κ2) is 8.66. The maximum Gasteiger partial charge on any atom is 0.276 e. The minimum atomic E-state index is -0.242. The van der Waals surface area contributed by atoms with Crippen LogP contribution in [0.25, 0.3) is 0 Å². The van der Waals surface area contributed by atoms with Crippen LogP contribution in [0.4, 0.5) is 0 Å². The molecule has 1 aliphatic rings. The van der Waals surface area contributed by atoms with Crippen LogP contribution in [0.15, 0.2) is 30.5 Å². The topological polar surface area (TPSA) is 89.4 Å². The third-order valence-corrected chi connectivity index (χ3v) is 4.25. The Morgan fingerprint density at radius 2 is 1.92 bits per heavy atom. The van der Waals surface area contributed by atoms with Gasteiger partial charge in [-0.1, -0.05) is 16.8 Å². The van der Waals surface area contributed by atoms with Crippen molar-refractivity contribution in [1.29, 1.82) is 0 Å². The molecule has 1 aromatic heterocycles. The standard InChI is InChI=1S/C17H20ClN5O3/c18-13-3-5-14(6-4-13)26-12-16(24)19-7-10-23-11-15(20-21-23)17(25)22-8-1-2-9-22/h3-6,11H,1-2,7-10,12H2,(H,19,24). The number of carbonyl (C=O) groups is 2. The number of amides is 2. The molecule has 3 rings (SSSR count). The number of halogens is 1. The number of aromatic nitrogens is 3. The molecule has 1 aromatic carbocycles. The second-order valence-corrected chi connectivity index (χ2v) is 6.40. The molecule has 9 heteroatoms. The Morgan fingerprint density at radius 3 is 2.65 bits per heavy atom. The van der Waals surface area contributed by atoms with Crippen LogP contribution in [-0.4, -0.2) is 57.9 Å². The Balaban J connectivity index is 1.38. The molecule has 0 spiro atoms. The molecule has 1 saturated heterocycles. The van der Waals surface area contributed by atoms with Crippen molar-refractivity contribution in [2.75, 3.05) is 26.2 Å². The van der Waals surface area contributed by atoms with Gasteiger partial charge in [-0.05, 0) is 37.1 Å². The predicted octanol–water partition coefficient (Wildman–Crippen LogP) is 1.36. The van der Waals surface area contributed by atoms with Crippen LogP contribution in [0.5, 0.6) is 5.75 Å². The first-order valence-electron chi connectivity index (χ1n) is 8.46. The van der Waals surface area contributed by atoms with E-state index in [-0.39, 0.29) is 18.4 Å². The highest BCUT2D eigenvalue weighted by molar-refractivity contribution is 6.30. The number of hydrogen-bond acceptors (Lipinski definition) is 5. The normalized spacial score (nSPS) is 13.7. The van der Waals surface area contributed by atoms with Crippen molar-refractivity contribution in [2.45, 2.75) is 19.4 Å². The van der Waals surface area contributed by atoms with E-state index in [1.54, 1.807) is 40.0 Å². The van der Waals surface area contributed by atoms with E-state index in [2.05, 4.69) is 15.6 Å². The van der Waals surface area contributed by atoms with Gasteiger partial charge in [0.1, 0.15) is 5.75 Å². The molecule has 138 valence electrons. The lowest BCUT2D eigenvalue weighted by molar-refractivity contribution is -0.123. The average Bonchev–Trinajstić information content (AvgIpc) is 3.33. The van der Waals surface area contributed by atoms with E-state index in [9.17, 15) is 9.59 Å². The fraction of sp³-hybridized carbons (Fsp3) is 0.412. The smallest absolute Gasteiger partial charge is 0.276 e. The summed E-state index contributed by atoms with van der Waals surface area (Å²) >= 11 is 5.79. The number of likely N-dealkylation sites (tertiary alicyclic amines) is 1. The Kier molecular flexibility index (Phi) is 6.06. The summed E-state index contributed by atoms with van der Waals surface area (Å²) in [6.07, 6.45) is 3.67. The highest BCUT2D eigenvalue weighted by Gasteiger charge is 2.21. The maximum atomic E-state index is 12.2. The molecule has 0 aliphatic carbocycles. The summed E-state index contributed by atoms with van der Waals surface area (Å²) in [5.74, 6) is 0.244. The third kappa shape index (κ3) is 4.95. The van der Waals surface area contributed by atoms with Crippen molar-refractivity contribution in [3.05, 3.63) is 41.2 Å². The van der Waals surface area contributed by atoms with Crippen LogP contribution < -0.4 is 10.1 Å². The van der Waals surface area contributed by atoms with E-state index in [0.29, 0.717) is 29.6 Å².